The van der Waals surface area contributed by atoms with Crippen LogP contribution in [0.1, 0.15) is 29.0 Å². The fourth-order valence-electron chi connectivity index (χ4n) is 2.78. The van der Waals surface area contributed by atoms with Crippen molar-refractivity contribution in [2.75, 3.05) is 6.54 Å². The minimum absolute atomic E-state index is 0.208. The zero-order valence-electron chi connectivity index (χ0n) is 14.3. The first-order valence-corrected chi connectivity index (χ1v) is 9.31. The van der Waals surface area contributed by atoms with Gasteiger partial charge in [0.05, 0.1) is 10.2 Å². The van der Waals surface area contributed by atoms with Gasteiger partial charge in [0.15, 0.2) is 16.5 Å². The molecule has 0 fully saturated rings. The number of nitrogens with zero attached hydrogens (tertiary/aromatic N) is 1. The number of hydrogen-bond donors (Lipinski definition) is 1. The van der Waals surface area contributed by atoms with Crippen LogP contribution in [0.4, 0.5) is 0 Å². The summed E-state index contributed by atoms with van der Waals surface area (Å²) in [6.07, 6.45) is 0. The Bertz CT molecular complexity index is 1000. The van der Waals surface area contributed by atoms with E-state index in [0.29, 0.717) is 18.1 Å². The highest BCUT2D eigenvalue weighted by Crippen LogP contribution is 2.31. The van der Waals surface area contributed by atoms with Crippen LogP contribution in [0.15, 0.2) is 71.1 Å². The van der Waals surface area contributed by atoms with E-state index in [-0.39, 0.29) is 11.8 Å². The van der Waals surface area contributed by atoms with Crippen molar-refractivity contribution in [2.24, 2.45) is 0 Å². The van der Waals surface area contributed by atoms with Crippen LogP contribution >= 0.6 is 11.3 Å². The molecule has 5 heteroatoms. The van der Waals surface area contributed by atoms with Gasteiger partial charge in [-0.3, -0.25) is 4.79 Å². The predicted octanol–water partition coefficient (Wildman–Crippen LogP) is 5.09. The smallest absolute Gasteiger partial charge is 0.287 e. The van der Waals surface area contributed by atoms with Crippen molar-refractivity contribution in [3.05, 3.63) is 78.1 Å². The molecule has 0 unspecified atom stereocenters. The summed E-state index contributed by atoms with van der Waals surface area (Å²) in [5.41, 5.74) is 2.13. The van der Waals surface area contributed by atoms with Crippen molar-refractivity contribution in [3.8, 4) is 10.8 Å². The number of rotatable bonds is 5. The lowest BCUT2D eigenvalue weighted by Crippen LogP contribution is -2.27. The van der Waals surface area contributed by atoms with Gasteiger partial charge in [-0.25, -0.2) is 4.98 Å². The number of carbonyl (C=O) groups is 1. The molecule has 0 saturated heterocycles. The number of furan rings is 1. The van der Waals surface area contributed by atoms with E-state index in [1.807, 2.05) is 42.5 Å². The summed E-state index contributed by atoms with van der Waals surface area (Å²) in [6.45, 7) is 2.64. The first-order valence-electron chi connectivity index (χ1n) is 8.49. The van der Waals surface area contributed by atoms with Crippen LogP contribution in [-0.4, -0.2) is 17.4 Å². The van der Waals surface area contributed by atoms with Gasteiger partial charge < -0.3 is 9.73 Å². The van der Waals surface area contributed by atoms with Crippen molar-refractivity contribution < 1.29 is 9.21 Å². The number of aromatic nitrogens is 1. The lowest BCUT2D eigenvalue weighted by molar-refractivity contribution is 0.0925. The first-order chi connectivity index (χ1) is 12.7. The molecule has 0 aliphatic heterocycles. The zero-order chi connectivity index (χ0) is 17.9. The Balaban J connectivity index is 1.44. The molecule has 4 aromatic rings. The highest BCUT2D eigenvalue weighted by Gasteiger charge is 2.15. The highest BCUT2D eigenvalue weighted by molar-refractivity contribution is 7.21. The number of hydrogen-bond acceptors (Lipinski definition) is 4. The van der Waals surface area contributed by atoms with E-state index in [9.17, 15) is 4.79 Å². The number of benzene rings is 2. The van der Waals surface area contributed by atoms with Crippen molar-refractivity contribution in [1.29, 1.82) is 0 Å². The molecule has 0 spiro atoms. The van der Waals surface area contributed by atoms with E-state index in [1.54, 1.807) is 23.5 Å². The standard InChI is InChI=1S/C21H18N2O2S/c1-14(15-7-3-2-4-8-15)13-22-20(24)17-11-12-18(25-17)21-23-16-9-5-6-10-19(16)26-21/h2-12,14H,13H2,1H3,(H,22,24)/t14-/m0/s1. The maximum absolute atomic E-state index is 12.4. The topological polar surface area (TPSA) is 55.1 Å². The van der Waals surface area contributed by atoms with Crippen LogP contribution in [0, 0.1) is 0 Å². The van der Waals surface area contributed by atoms with Crippen LogP contribution in [0.25, 0.3) is 21.0 Å². The maximum Gasteiger partial charge on any atom is 0.287 e. The highest BCUT2D eigenvalue weighted by atomic mass is 32.1. The molecule has 1 amide bonds. The van der Waals surface area contributed by atoms with Crippen LogP contribution in [0.5, 0.6) is 0 Å². The molecule has 26 heavy (non-hydrogen) atoms. The van der Waals surface area contributed by atoms with Gasteiger partial charge in [-0.15, -0.1) is 11.3 Å². The van der Waals surface area contributed by atoms with Crippen LogP contribution < -0.4 is 5.32 Å². The number of fused-ring (bicyclic) bond motifs is 1. The fourth-order valence-corrected chi connectivity index (χ4v) is 3.71. The molecule has 4 nitrogen and oxygen atoms in total. The average molecular weight is 362 g/mol. The SMILES string of the molecule is C[C@@H](CNC(=O)c1ccc(-c2nc3ccccc3s2)o1)c1ccccc1. The van der Waals surface area contributed by atoms with E-state index in [1.165, 1.54) is 5.56 Å². The summed E-state index contributed by atoms with van der Waals surface area (Å²) >= 11 is 1.55. The molecular weight excluding hydrogens is 344 g/mol. The normalized spacial score (nSPS) is 12.2. The lowest BCUT2D eigenvalue weighted by Gasteiger charge is -2.12. The molecule has 0 bridgehead atoms. The van der Waals surface area contributed by atoms with E-state index in [4.69, 9.17) is 4.42 Å². The summed E-state index contributed by atoms with van der Waals surface area (Å²) in [6, 6.07) is 21.6. The molecule has 2 aromatic heterocycles. The summed E-state index contributed by atoms with van der Waals surface area (Å²) in [4.78, 5) is 16.9. The second kappa shape index (κ2) is 7.14. The van der Waals surface area contributed by atoms with Gasteiger partial charge in [-0.1, -0.05) is 49.4 Å². The summed E-state index contributed by atoms with van der Waals surface area (Å²) in [7, 11) is 0. The van der Waals surface area contributed by atoms with Gasteiger partial charge in [0.25, 0.3) is 5.91 Å². The Hall–Kier alpha value is -2.92. The van der Waals surface area contributed by atoms with Gasteiger partial charge in [0, 0.05) is 6.54 Å². The molecule has 0 saturated carbocycles. The Morgan fingerprint density at radius 2 is 1.85 bits per heavy atom. The number of carbonyl (C=O) groups excluding carboxylic acids is 1. The Labute approximate surface area is 155 Å². The van der Waals surface area contributed by atoms with E-state index >= 15 is 0 Å². The van der Waals surface area contributed by atoms with E-state index in [2.05, 4.69) is 29.4 Å². The van der Waals surface area contributed by atoms with Gasteiger partial charge in [0.2, 0.25) is 0 Å². The van der Waals surface area contributed by atoms with Crippen molar-refractivity contribution in [2.45, 2.75) is 12.8 Å². The number of para-hydroxylation sites is 1. The molecule has 0 aliphatic rings. The molecule has 2 aromatic carbocycles. The fraction of sp³-hybridized carbons (Fsp3) is 0.143. The molecule has 0 radical (unpaired) electrons. The maximum atomic E-state index is 12.4. The lowest BCUT2D eigenvalue weighted by atomic mass is 10.0. The second-order valence-corrected chi connectivity index (χ2v) is 7.20. The van der Waals surface area contributed by atoms with Crippen LogP contribution in [0.3, 0.4) is 0 Å². The zero-order valence-corrected chi connectivity index (χ0v) is 15.1. The van der Waals surface area contributed by atoms with Gasteiger partial charge in [-0.2, -0.15) is 0 Å². The van der Waals surface area contributed by atoms with Gasteiger partial charge >= 0.3 is 0 Å². The summed E-state index contributed by atoms with van der Waals surface area (Å²) < 4.78 is 6.83. The predicted molar refractivity (Wildman–Crippen MR) is 105 cm³/mol. The second-order valence-electron chi connectivity index (χ2n) is 6.17. The van der Waals surface area contributed by atoms with Gasteiger partial charge in [0.1, 0.15) is 0 Å². The number of nitrogens with one attached hydrogen (secondary N) is 1. The third-order valence-electron chi connectivity index (χ3n) is 4.27. The van der Waals surface area contributed by atoms with E-state index in [0.717, 1.165) is 15.2 Å². The molecule has 1 N–H and O–H groups in total. The monoisotopic (exact) mass is 362 g/mol. The van der Waals surface area contributed by atoms with E-state index < -0.39 is 0 Å². The first kappa shape index (κ1) is 16.5. The largest absolute Gasteiger partial charge is 0.448 e. The third-order valence-corrected chi connectivity index (χ3v) is 5.32. The van der Waals surface area contributed by atoms with Crippen LogP contribution in [0.2, 0.25) is 0 Å². The minimum Gasteiger partial charge on any atom is -0.448 e. The quantitative estimate of drug-likeness (QED) is 0.538. The molecule has 1 atom stereocenters. The Kier molecular flexibility index (Phi) is 4.54. The van der Waals surface area contributed by atoms with Crippen molar-refractivity contribution in [1.82, 2.24) is 10.3 Å². The summed E-state index contributed by atoms with van der Waals surface area (Å²) in [5, 5.41) is 3.72. The third kappa shape index (κ3) is 3.39. The number of thiazole rings is 1. The molecule has 2 heterocycles. The van der Waals surface area contributed by atoms with Crippen LogP contribution in [-0.2, 0) is 0 Å². The molecular formula is C21H18N2O2S. The summed E-state index contributed by atoms with van der Waals surface area (Å²) in [5.74, 6) is 0.950. The molecule has 4 rings (SSSR count). The van der Waals surface area contributed by atoms with Crippen molar-refractivity contribution >= 4 is 27.5 Å². The van der Waals surface area contributed by atoms with Gasteiger partial charge in [-0.05, 0) is 35.7 Å². The molecule has 130 valence electrons. The minimum atomic E-state index is -0.208. The molecule has 0 aliphatic carbocycles. The number of amides is 1. The Morgan fingerprint density at radius 3 is 2.65 bits per heavy atom. The average Bonchev–Trinajstić information content (AvgIpc) is 3.33. The Morgan fingerprint density at radius 1 is 1.08 bits per heavy atom. The van der Waals surface area contributed by atoms with Crippen molar-refractivity contribution in [3.63, 3.8) is 0 Å².